The smallest absolute Gasteiger partial charge is 0.410 e. The van der Waals surface area contributed by atoms with Crippen molar-refractivity contribution in [2.75, 3.05) is 37.7 Å². The highest BCUT2D eigenvalue weighted by Crippen LogP contribution is 2.27. The zero-order valence-electron chi connectivity index (χ0n) is 24.5. The van der Waals surface area contributed by atoms with E-state index in [9.17, 15) is 24.5 Å². The topological polar surface area (TPSA) is 141 Å². The highest BCUT2D eigenvalue weighted by molar-refractivity contribution is 6.01. The first-order valence-electron chi connectivity index (χ1n) is 12.9. The van der Waals surface area contributed by atoms with E-state index in [1.54, 1.807) is 73.3 Å². The van der Waals surface area contributed by atoms with Gasteiger partial charge in [-0.3, -0.25) is 14.9 Å². The van der Waals surface area contributed by atoms with Crippen LogP contribution in [-0.2, 0) is 19.0 Å². The summed E-state index contributed by atoms with van der Waals surface area (Å²) < 4.78 is 16.6. The van der Waals surface area contributed by atoms with Crippen LogP contribution in [0.3, 0.4) is 0 Å². The molecule has 39 heavy (non-hydrogen) atoms. The third-order valence-electron chi connectivity index (χ3n) is 5.40. The first kappa shape index (κ1) is 31.8. The van der Waals surface area contributed by atoms with Crippen molar-refractivity contribution < 1.29 is 33.5 Å². The lowest BCUT2D eigenvalue weighted by molar-refractivity contribution is -0.385. The second-order valence-corrected chi connectivity index (χ2v) is 12.4. The van der Waals surface area contributed by atoms with E-state index >= 15 is 0 Å². The first-order valence-corrected chi connectivity index (χ1v) is 12.9. The van der Waals surface area contributed by atoms with Crippen molar-refractivity contribution in [1.82, 2.24) is 10.2 Å². The Morgan fingerprint density at radius 2 is 1.49 bits per heavy atom. The van der Waals surface area contributed by atoms with Crippen LogP contribution in [0.2, 0.25) is 0 Å². The number of carbonyl (C=O) groups is 3. The number of hydrogen-bond donors (Lipinski definition) is 1. The SMILES string of the molecule is CC(C)(C)OCC(NC(=O)c1cc(N2CCN(C(=O)OC(C)(C)C)CC2)ccc1[N+](=O)[O-])C(=O)OC(C)(C)C. The Bertz CT molecular complexity index is 1060. The van der Waals surface area contributed by atoms with Gasteiger partial charge < -0.3 is 29.3 Å². The Kier molecular flexibility index (Phi) is 9.94. The number of anilines is 1. The minimum atomic E-state index is -1.18. The number of esters is 1. The second-order valence-electron chi connectivity index (χ2n) is 12.4. The Labute approximate surface area is 230 Å². The molecule has 1 unspecified atom stereocenters. The number of nitro benzene ring substituents is 1. The van der Waals surface area contributed by atoms with E-state index in [-0.39, 0.29) is 12.2 Å². The molecule has 2 amide bonds. The van der Waals surface area contributed by atoms with Gasteiger partial charge in [0.2, 0.25) is 0 Å². The predicted octanol–water partition coefficient (Wildman–Crippen LogP) is 3.91. The largest absolute Gasteiger partial charge is 0.458 e. The molecule has 0 aromatic heterocycles. The molecule has 1 N–H and O–H groups in total. The van der Waals surface area contributed by atoms with Gasteiger partial charge in [-0.1, -0.05) is 0 Å². The van der Waals surface area contributed by atoms with Crippen LogP contribution in [0.4, 0.5) is 16.2 Å². The number of piperazine rings is 1. The van der Waals surface area contributed by atoms with Gasteiger partial charge in [0.25, 0.3) is 11.6 Å². The van der Waals surface area contributed by atoms with Crippen molar-refractivity contribution in [3.05, 3.63) is 33.9 Å². The standard InChI is InChI=1S/C27H42N4O8/c1-25(2,3)37-17-20(23(33)38-26(4,5)6)28-22(32)19-16-18(10-11-21(19)31(35)36)29-12-14-30(15-13-29)24(34)39-27(7,8)9/h10-11,16,20H,12-15,17H2,1-9H3,(H,28,32). The molecule has 1 saturated heterocycles. The maximum absolute atomic E-state index is 13.3. The fourth-order valence-electron chi connectivity index (χ4n) is 3.65. The van der Waals surface area contributed by atoms with Gasteiger partial charge in [-0.25, -0.2) is 9.59 Å². The summed E-state index contributed by atoms with van der Waals surface area (Å²) in [6, 6.07) is 3.06. The van der Waals surface area contributed by atoms with Crippen LogP contribution in [0.1, 0.15) is 72.7 Å². The molecule has 12 heteroatoms. The molecule has 1 aliphatic rings. The Balaban J connectivity index is 2.25. The summed E-state index contributed by atoms with van der Waals surface area (Å²) in [5, 5.41) is 14.3. The molecule has 0 aliphatic carbocycles. The van der Waals surface area contributed by atoms with Crippen molar-refractivity contribution in [2.45, 2.75) is 85.2 Å². The van der Waals surface area contributed by atoms with E-state index in [1.807, 2.05) is 4.90 Å². The Morgan fingerprint density at radius 1 is 0.923 bits per heavy atom. The summed E-state index contributed by atoms with van der Waals surface area (Å²) in [6.45, 7) is 17.4. The van der Waals surface area contributed by atoms with Crippen LogP contribution >= 0.6 is 0 Å². The number of carbonyl (C=O) groups excluding carboxylic acids is 3. The molecular weight excluding hydrogens is 508 g/mol. The maximum Gasteiger partial charge on any atom is 0.410 e. The number of amides is 2. The molecule has 218 valence electrons. The van der Waals surface area contributed by atoms with Gasteiger partial charge in [0, 0.05) is 37.9 Å². The number of rotatable bonds is 7. The van der Waals surface area contributed by atoms with Gasteiger partial charge >= 0.3 is 12.1 Å². The molecule has 0 radical (unpaired) electrons. The zero-order valence-corrected chi connectivity index (χ0v) is 24.5. The van der Waals surface area contributed by atoms with Gasteiger partial charge in [-0.2, -0.15) is 0 Å². The normalized spacial score (nSPS) is 15.4. The molecule has 0 bridgehead atoms. The molecule has 1 aromatic rings. The summed E-state index contributed by atoms with van der Waals surface area (Å²) >= 11 is 0. The van der Waals surface area contributed by atoms with Crippen LogP contribution in [-0.4, -0.2) is 83.4 Å². The monoisotopic (exact) mass is 550 g/mol. The minimum Gasteiger partial charge on any atom is -0.458 e. The van der Waals surface area contributed by atoms with Crippen molar-refractivity contribution in [2.24, 2.45) is 0 Å². The summed E-state index contributed by atoms with van der Waals surface area (Å²) in [5.41, 5.74) is -2.04. The number of ether oxygens (including phenoxy) is 3. The van der Waals surface area contributed by atoms with E-state index < -0.39 is 51.4 Å². The molecule has 0 saturated carbocycles. The van der Waals surface area contributed by atoms with E-state index in [0.717, 1.165) is 0 Å². The lowest BCUT2D eigenvalue weighted by Crippen LogP contribution is -2.50. The molecule has 1 heterocycles. The second kappa shape index (κ2) is 12.2. The minimum absolute atomic E-state index is 0.176. The van der Waals surface area contributed by atoms with Gasteiger partial charge in [0.15, 0.2) is 6.04 Å². The van der Waals surface area contributed by atoms with Gasteiger partial charge in [-0.15, -0.1) is 0 Å². The van der Waals surface area contributed by atoms with Crippen molar-refractivity contribution in [3.63, 3.8) is 0 Å². The summed E-state index contributed by atoms with van der Waals surface area (Å²) in [7, 11) is 0. The maximum atomic E-state index is 13.3. The van der Waals surface area contributed by atoms with E-state index in [1.165, 1.54) is 12.1 Å². The van der Waals surface area contributed by atoms with Crippen LogP contribution in [0.25, 0.3) is 0 Å². The summed E-state index contributed by atoms with van der Waals surface area (Å²) in [4.78, 5) is 53.2. The van der Waals surface area contributed by atoms with Gasteiger partial charge in [0.05, 0.1) is 17.1 Å². The van der Waals surface area contributed by atoms with E-state index in [2.05, 4.69) is 5.32 Å². The highest BCUT2D eigenvalue weighted by atomic mass is 16.6. The highest BCUT2D eigenvalue weighted by Gasteiger charge is 2.32. The average molecular weight is 551 g/mol. The van der Waals surface area contributed by atoms with Crippen molar-refractivity contribution >= 4 is 29.3 Å². The molecule has 12 nitrogen and oxygen atoms in total. The molecule has 1 fully saturated rings. The number of hydrogen-bond acceptors (Lipinski definition) is 9. The fraction of sp³-hybridized carbons (Fsp3) is 0.667. The molecule has 2 rings (SSSR count). The zero-order chi connectivity index (χ0) is 29.8. The predicted molar refractivity (Wildman–Crippen MR) is 146 cm³/mol. The van der Waals surface area contributed by atoms with E-state index in [0.29, 0.717) is 31.9 Å². The number of nitrogens with zero attached hydrogens (tertiary/aromatic N) is 3. The Hall–Kier alpha value is -3.41. The van der Waals surface area contributed by atoms with Gasteiger partial charge in [-0.05, 0) is 74.4 Å². The van der Waals surface area contributed by atoms with Crippen molar-refractivity contribution in [1.29, 1.82) is 0 Å². The average Bonchev–Trinajstić information content (AvgIpc) is 2.78. The number of benzene rings is 1. The van der Waals surface area contributed by atoms with E-state index in [4.69, 9.17) is 14.2 Å². The quantitative estimate of drug-likeness (QED) is 0.304. The Morgan fingerprint density at radius 3 is 1.97 bits per heavy atom. The fourth-order valence-corrected chi connectivity index (χ4v) is 3.65. The molecule has 1 aromatic carbocycles. The van der Waals surface area contributed by atoms with Crippen LogP contribution in [0.15, 0.2) is 18.2 Å². The van der Waals surface area contributed by atoms with Gasteiger partial charge in [0.1, 0.15) is 16.8 Å². The van der Waals surface area contributed by atoms with Crippen LogP contribution in [0, 0.1) is 10.1 Å². The third-order valence-corrected chi connectivity index (χ3v) is 5.40. The molecule has 1 atom stereocenters. The number of nitro groups is 1. The first-order chi connectivity index (χ1) is 17.8. The lowest BCUT2D eigenvalue weighted by Gasteiger charge is -2.36. The van der Waals surface area contributed by atoms with Crippen LogP contribution in [0.5, 0.6) is 0 Å². The summed E-state index contributed by atoms with van der Waals surface area (Å²) in [5.74, 6) is -1.51. The number of nitrogens with one attached hydrogen (secondary N) is 1. The van der Waals surface area contributed by atoms with Crippen LogP contribution < -0.4 is 10.2 Å². The van der Waals surface area contributed by atoms with Crippen molar-refractivity contribution in [3.8, 4) is 0 Å². The third kappa shape index (κ3) is 10.3. The molecular formula is C27H42N4O8. The summed E-state index contributed by atoms with van der Waals surface area (Å²) in [6.07, 6.45) is -0.406. The lowest BCUT2D eigenvalue weighted by atomic mass is 10.1. The molecule has 1 aliphatic heterocycles. The molecule has 0 spiro atoms.